The first kappa shape index (κ1) is 15.7. The third-order valence-corrected chi connectivity index (χ3v) is 0. The molecule has 43 valence electrons. The maximum Gasteiger partial charge on any atom is 2.00 e. The van der Waals surface area contributed by atoms with Crippen LogP contribution in [0.4, 0.5) is 3.89 Å². The molecule has 0 aliphatic carbocycles. The van der Waals surface area contributed by atoms with Crippen molar-refractivity contribution < 1.29 is 51.6 Å². The van der Waals surface area contributed by atoms with Gasteiger partial charge in [-0.05, 0) is 0 Å². The van der Waals surface area contributed by atoms with E-state index in [1.165, 1.54) is 0 Å². The molecule has 0 rings (SSSR count). The van der Waals surface area contributed by atoms with Crippen molar-refractivity contribution in [1.82, 2.24) is 0 Å². The van der Waals surface area contributed by atoms with E-state index in [2.05, 4.69) is 0 Å². The van der Waals surface area contributed by atoms with E-state index >= 15 is 0 Å². The van der Waals surface area contributed by atoms with Crippen molar-refractivity contribution in [3.8, 4) is 0 Å². The van der Waals surface area contributed by atoms with Crippen molar-refractivity contribution in [3.63, 3.8) is 0 Å². The van der Waals surface area contributed by atoms with Gasteiger partial charge in [0, 0.05) is 0 Å². The summed E-state index contributed by atoms with van der Waals surface area (Å²) in [6, 6.07) is 0. The van der Waals surface area contributed by atoms with Gasteiger partial charge in [0.2, 0.25) is 0 Å². The fourth-order valence-corrected chi connectivity index (χ4v) is 0. The molecule has 0 aromatic rings. The zero-order valence-corrected chi connectivity index (χ0v) is 6.61. The molecule has 3 nitrogen and oxygen atoms in total. The maximum atomic E-state index is 10.1. The molecule has 0 spiro atoms. The van der Waals surface area contributed by atoms with Gasteiger partial charge in [0.05, 0.1) is 0 Å². The van der Waals surface area contributed by atoms with Crippen LogP contribution in [-0.2, 0) is 32.9 Å². The summed E-state index contributed by atoms with van der Waals surface area (Å²) in [5.74, 6) is 0. The van der Waals surface area contributed by atoms with Crippen LogP contribution < -0.4 is 12.4 Å². The number of hydrogen-bond acceptors (Lipinski definition) is 3. The summed E-state index contributed by atoms with van der Waals surface area (Å²) in [7, 11) is -5.42. The van der Waals surface area contributed by atoms with Crippen LogP contribution in [0.15, 0.2) is 0 Å². The van der Waals surface area contributed by atoms with Crippen molar-refractivity contribution in [2.75, 3.05) is 0 Å². The molecule has 0 saturated heterocycles. The largest absolute Gasteiger partial charge is 2.00 e. The van der Waals surface area contributed by atoms with Crippen molar-refractivity contribution in [2.24, 2.45) is 0 Å². The smallest absolute Gasteiger partial charge is 1.00 e. The van der Waals surface area contributed by atoms with Crippen molar-refractivity contribution in [1.29, 1.82) is 0 Å². The molecule has 0 aliphatic rings. The SMILES string of the molecule is O=S(=O)([O-])F.[Cl-].[Nb+2]. The summed E-state index contributed by atoms with van der Waals surface area (Å²) >= 11 is 0. The van der Waals surface area contributed by atoms with Gasteiger partial charge in [-0.3, -0.25) is 0 Å². The molecule has 0 unspecified atom stereocenters. The Kier molecular flexibility index (Phi) is 11.2. The summed E-state index contributed by atoms with van der Waals surface area (Å²) in [6.07, 6.45) is 0. The second kappa shape index (κ2) is 5.02. The summed E-state index contributed by atoms with van der Waals surface area (Å²) in [5.41, 5.74) is 0. The first-order chi connectivity index (χ1) is 2.00. The van der Waals surface area contributed by atoms with E-state index in [0.29, 0.717) is 0 Å². The number of hydrogen-bond donors (Lipinski definition) is 0. The quantitative estimate of drug-likeness (QED) is 0.244. The summed E-state index contributed by atoms with van der Waals surface area (Å²) in [4.78, 5) is 0. The Morgan fingerprint density at radius 1 is 1.43 bits per heavy atom. The van der Waals surface area contributed by atoms with E-state index in [1.807, 2.05) is 0 Å². The Morgan fingerprint density at radius 2 is 1.43 bits per heavy atom. The topological polar surface area (TPSA) is 57.2 Å². The van der Waals surface area contributed by atoms with Gasteiger partial charge in [-0.2, -0.15) is 0 Å². The van der Waals surface area contributed by atoms with Crippen LogP contribution in [-0.4, -0.2) is 13.0 Å². The van der Waals surface area contributed by atoms with E-state index in [0.717, 1.165) is 0 Å². The van der Waals surface area contributed by atoms with E-state index in [-0.39, 0.29) is 34.8 Å². The first-order valence-electron chi connectivity index (χ1n) is 0.654. The van der Waals surface area contributed by atoms with Gasteiger partial charge in [0.15, 0.2) is 0 Å². The monoisotopic (exact) mass is 227 g/mol. The van der Waals surface area contributed by atoms with Crippen molar-refractivity contribution >= 4 is 10.5 Å². The minimum absolute atomic E-state index is 0. The normalized spacial score (nSPS) is 8.29. The van der Waals surface area contributed by atoms with E-state index in [9.17, 15) is 3.89 Å². The van der Waals surface area contributed by atoms with E-state index in [1.54, 1.807) is 0 Å². The third-order valence-electron chi connectivity index (χ3n) is 0. The minimum Gasteiger partial charge on any atom is -1.00 e. The molecule has 7 heavy (non-hydrogen) atoms. The van der Waals surface area contributed by atoms with E-state index < -0.39 is 10.5 Å². The van der Waals surface area contributed by atoms with Gasteiger partial charge in [-0.15, -0.1) is 3.89 Å². The van der Waals surface area contributed by atoms with Crippen LogP contribution in [0.3, 0.4) is 0 Å². The second-order valence-electron chi connectivity index (χ2n) is 0.393. The molecular weight excluding hydrogens is 227 g/mol. The molecule has 0 aromatic heterocycles. The summed E-state index contributed by atoms with van der Waals surface area (Å²) in [6.45, 7) is 0. The standard InChI is InChI=1S/ClH.FHO3S.Nb/c;1-5(2,3)4;/h1H;(H,2,3,4);/q;;+2/p-2. The molecule has 0 atom stereocenters. The Labute approximate surface area is 62.3 Å². The molecule has 0 aromatic carbocycles. The zero-order chi connectivity index (χ0) is 4.50. The van der Waals surface area contributed by atoms with Gasteiger partial charge < -0.3 is 17.0 Å². The molecule has 7 heteroatoms. The zero-order valence-electron chi connectivity index (χ0n) is 2.84. The van der Waals surface area contributed by atoms with Gasteiger partial charge in [-0.1, -0.05) is 0 Å². The molecule has 0 fully saturated rings. The van der Waals surface area contributed by atoms with Crippen LogP contribution in [0, 0.1) is 0 Å². The van der Waals surface area contributed by atoms with Crippen molar-refractivity contribution in [3.05, 3.63) is 0 Å². The Hall–Kier alpha value is 0.870. The first-order valence-corrected chi connectivity index (χ1v) is 1.96. The van der Waals surface area contributed by atoms with Crippen molar-refractivity contribution in [2.45, 2.75) is 0 Å². The molecule has 0 N–H and O–H groups in total. The minimum atomic E-state index is -5.42. The Bertz CT molecular complexity index is 98.1. The fourth-order valence-electron chi connectivity index (χ4n) is 0. The molecule has 1 radical (unpaired) electrons. The maximum absolute atomic E-state index is 10.1. The Morgan fingerprint density at radius 3 is 1.43 bits per heavy atom. The molecule has 0 saturated carbocycles. The van der Waals surface area contributed by atoms with Crippen LogP contribution in [0.25, 0.3) is 0 Å². The molecule has 0 aliphatic heterocycles. The predicted molar refractivity (Wildman–Crippen MR) is 10.8 cm³/mol. The second-order valence-corrected chi connectivity index (χ2v) is 1.18. The van der Waals surface area contributed by atoms with E-state index in [4.69, 9.17) is 13.0 Å². The molecule has 0 bridgehead atoms. The van der Waals surface area contributed by atoms with Crippen LogP contribution in [0.2, 0.25) is 0 Å². The van der Waals surface area contributed by atoms with Gasteiger partial charge in [0.25, 0.3) is 10.5 Å². The average molecular weight is 227 g/mol. The Balaban J connectivity index is -0.0000000800. The predicted octanol–water partition coefficient (Wildman–Crippen LogP) is -3.58. The number of rotatable bonds is 0. The van der Waals surface area contributed by atoms with Crippen LogP contribution in [0.5, 0.6) is 0 Å². The summed E-state index contributed by atoms with van der Waals surface area (Å²) in [5, 5.41) is 0. The average Bonchev–Trinajstić information content (AvgIpc) is 0.722. The molecule has 0 amide bonds. The molecular formula is ClFNbO3S. The third kappa shape index (κ3) is 215. The van der Waals surface area contributed by atoms with Crippen LogP contribution >= 0.6 is 0 Å². The molecule has 0 heterocycles. The van der Waals surface area contributed by atoms with Gasteiger partial charge in [-0.25, -0.2) is 8.42 Å². The van der Waals surface area contributed by atoms with Gasteiger partial charge >= 0.3 is 22.4 Å². The number of halogens is 2. The summed E-state index contributed by atoms with van der Waals surface area (Å²) < 4.78 is 35.3. The van der Waals surface area contributed by atoms with Crippen LogP contribution in [0.1, 0.15) is 0 Å². The van der Waals surface area contributed by atoms with Gasteiger partial charge in [0.1, 0.15) is 0 Å². The fraction of sp³-hybridized carbons (Fsp3) is 0.